The summed E-state index contributed by atoms with van der Waals surface area (Å²) in [6.45, 7) is 2.01. The number of amides is 1. The molecule has 0 aliphatic carbocycles. The Balaban J connectivity index is 2.34. The van der Waals surface area contributed by atoms with Crippen molar-refractivity contribution in [2.24, 2.45) is 0 Å². The summed E-state index contributed by atoms with van der Waals surface area (Å²) in [5.74, 6) is -0.848. The van der Waals surface area contributed by atoms with Gasteiger partial charge in [-0.2, -0.15) is 0 Å². The number of rotatable bonds is 6. The zero-order chi connectivity index (χ0) is 16.8. The first-order valence-corrected chi connectivity index (χ1v) is 7.70. The van der Waals surface area contributed by atoms with Gasteiger partial charge in [0.1, 0.15) is 5.82 Å². The first-order valence-electron chi connectivity index (χ1n) is 7.32. The average molecular weight is 337 g/mol. The van der Waals surface area contributed by atoms with Crippen LogP contribution in [0.3, 0.4) is 0 Å². The second-order valence-corrected chi connectivity index (χ2v) is 5.57. The lowest BCUT2D eigenvalue weighted by Crippen LogP contribution is -2.41. The van der Waals surface area contributed by atoms with E-state index >= 15 is 0 Å². The highest BCUT2D eigenvalue weighted by Crippen LogP contribution is 2.22. The molecule has 1 heterocycles. The Morgan fingerprint density at radius 3 is 2.78 bits per heavy atom. The van der Waals surface area contributed by atoms with Gasteiger partial charge in [-0.05, 0) is 36.2 Å². The Kier molecular flexibility index (Phi) is 6.07. The molecule has 6 heteroatoms. The van der Waals surface area contributed by atoms with Crippen molar-refractivity contribution < 1.29 is 14.3 Å². The lowest BCUT2D eigenvalue weighted by Gasteiger charge is -2.30. The summed E-state index contributed by atoms with van der Waals surface area (Å²) in [7, 11) is 0. The maximum absolute atomic E-state index is 13.2. The first kappa shape index (κ1) is 17.4. The van der Waals surface area contributed by atoms with Crippen molar-refractivity contribution in [3.63, 3.8) is 0 Å². The number of hydrogen-bond donors (Lipinski definition) is 1. The van der Waals surface area contributed by atoms with Crippen LogP contribution in [0.5, 0.6) is 0 Å². The molecule has 0 radical (unpaired) electrons. The number of halogens is 2. The number of aliphatic hydroxyl groups is 1. The van der Waals surface area contributed by atoms with Crippen molar-refractivity contribution >= 4 is 17.5 Å². The van der Waals surface area contributed by atoms with Gasteiger partial charge in [-0.1, -0.05) is 24.6 Å². The Bertz CT molecular complexity index is 663. The van der Waals surface area contributed by atoms with E-state index in [1.807, 2.05) is 13.0 Å². The van der Waals surface area contributed by atoms with Crippen molar-refractivity contribution in [1.82, 2.24) is 9.88 Å². The van der Waals surface area contributed by atoms with Crippen LogP contribution in [-0.2, 0) is 6.54 Å². The average Bonchev–Trinajstić information content (AvgIpc) is 2.55. The molecule has 2 aromatic rings. The second kappa shape index (κ2) is 8.04. The highest BCUT2D eigenvalue weighted by atomic mass is 35.5. The Morgan fingerprint density at radius 1 is 1.43 bits per heavy atom. The van der Waals surface area contributed by atoms with E-state index in [2.05, 4.69) is 4.98 Å². The molecule has 4 nitrogen and oxygen atoms in total. The number of aromatic nitrogens is 1. The van der Waals surface area contributed by atoms with Crippen LogP contribution in [-0.4, -0.2) is 33.5 Å². The molecule has 0 aliphatic rings. The molecular weight excluding hydrogens is 319 g/mol. The maximum atomic E-state index is 13.2. The fraction of sp³-hybridized carbons (Fsp3) is 0.294. The van der Waals surface area contributed by atoms with Gasteiger partial charge in [0.05, 0.1) is 23.2 Å². The Labute approximate surface area is 139 Å². The van der Waals surface area contributed by atoms with E-state index in [0.29, 0.717) is 13.0 Å². The summed E-state index contributed by atoms with van der Waals surface area (Å²) in [5.41, 5.74) is 1.05. The van der Waals surface area contributed by atoms with Crippen molar-refractivity contribution in [3.05, 3.63) is 64.7 Å². The SMILES string of the molecule is CCC(CO)N(Cc1cccnc1)C(=O)c1ccc(F)cc1Cl. The van der Waals surface area contributed by atoms with Crippen molar-refractivity contribution in [1.29, 1.82) is 0 Å². The second-order valence-electron chi connectivity index (χ2n) is 5.16. The normalized spacial score (nSPS) is 12.0. The van der Waals surface area contributed by atoms with Crippen LogP contribution < -0.4 is 0 Å². The van der Waals surface area contributed by atoms with Gasteiger partial charge in [0.25, 0.3) is 5.91 Å². The van der Waals surface area contributed by atoms with Crippen LogP contribution in [0.25, 0.3) is 0 Å². The third-order valence-electron chi connectivity index (χ3n) is 3.62. The number of nitrogens with zero attached hydrogens (tertiary/aromatic N) is 2. The van der Waals surface area contributed by atoms with Crippen LogP contribution in [0.1, 0.15) is 29.3 Å². The first-order chi connectivity index (χ1) is 11.1. The topological polar surface area (TPSA) is 53.4 Å². The van der Waals surface area contributed by atoms with Crippen molar-refractivity contribution in [3.8, 4) is 0 Å². The molecule has 1 atom stereocenters. The Morgan fingerprint density at radius 2 is 2.22 bits per heavy atom. The van der Waals surface area contributed by atoms with E-state index in [1.165, 1.54) is 17.0 Å². The Hall–Kier alpha value is -1.98. The molecule has 23 heavy (non-hydrogen) atoms. The maximum Gasteiger partial charge on any atom is 0.256 e. The van der Waals surface area contributed by atoms with E-state index in [9.17, 15) is 14.3 Å². The molecule has 0 fully saturated rings. The zero-order valence-corrected chi connectivity index (χ0v) is 13.5. The molecule has 1 aromatic heterocycles. The summed E-state index contributed by atoms with van der Waals surface area (Å²) in [4.78, 5) is 18.4. The third-order valence-corrected chi connectivity index (χ3v) is 3.93. The lowest BCUT2D eigenvalue weighted by atomic mass is 10.1. The van der Waals surface area contributed by atoms with Gasteiger partial charge in [0, 0.05) is 18.9 Å². The molecule has 0 aliphatic heterocycles. The fourth-order valence-electron chi connectivity index (χ4n) is 2.32. The van der Waals surface area contributed by atoms with E-state index in [-0.39, 0.29) is 29.1 Å². The van der Waals surface area contributed by atoms with E-state index in [1.54, 1.807) is 18.5 Å². The van der Waals surface area contributed by atoms with Crippen LogP contribution >= 0.6 is 11.6 Å². The molecule has 0 spiro atoms. The van der Waals surface area contributed by atoms with E-state index < -0.39 is 5.82 Å². The van der Waals surface area contributed by atoms with Crippen molar-refractivity contribution in [2.75, 3.05) is 6.61 Å². The van der Waals surface area contributed by atoms with E-state index in [0.717, 1.165) is 11.6 Å². The lowest BCUT2D eigenvalue weighted by molar-refractivity contribution is 0.0563. The van der Waals surface area contributed by atoms with Gasteiger partial charge >= 0.3 is 0 Å². The summed E-state index contributed by atoms with van der Waals surface area (Å²) >= 11 is 6.00. The number of pyridine rings is 1. The quantitative estimate of drug-likeness (QED) is 0.880. The van der Waals surface area contributed by atoms with Crippen LogP contribution in [0, 0.1) is 5.82 Å². The number of benzene rings is 1. The highest BCUT2D eigenvalue weighted by molar-refractivity contribution is 6.33. The van der Waals surface area contributed by atoms with Gasteiger partial charge in [0.2, 0.25) is 0 Å². The minimum absolute atomic E-state index is 0.0546. The number of hydrogen-bond acceptors (Lipinski definition) is 3. The molecule has 0 bridgehead atoms. The molecule has 1 N–H and O–H groups in total. The molecule has 1 unspecified atom stereocenters. The number of carbonyl (C=O) groups is 1. The van der Waals surface area contributed by atoms with Gasteiger partial charge in [0.15, 0.2) is 0 Å². The molecule has 2 rings (SSSR count). The summed E-state index contributed by atoms with van der Waals surface area (Å²) < 4.78 is 13.2. The molecule has 0 saturated heterocycles. The van der Waals surface area contributed by atoms with Crippen LogP contribution in [0.15, 0.2) is 42.7 Å². The van der Waals surface area contributed by atoms with Gasteiger partial charge in [-0.25, -0.2) is 4.39 Å². The van der Waals surface area contributed by atoms with Gasteiger partial charge in [-0.3, -0.25) is 9.78 Å². The summed E-state index contributed by atoms with van der Waals surface area (Å²) in [5, 5.41) is 9.64. The summed E-state index contributed by atoms with van der Waals surface area (Å²) in [6.07, 6.45) is 3.90. The number of carbonyl (C=O) groups excluding carboxylic acids is 1. The molecule has 1 aromatic carbocycles. The zero-order valence-electron chi connectivity index (χ0n) is 12.7. The van der Waals surface area contributed by atoms with Gasteiger partial charge in [-0.15, -0.1) is 0 Å². The minimum atomic E-state index is -0.500. The standard InChI is InChI=1S/C17H18ClFN2O2/c1-2-14(11-22)21(10-12-4-3-7-20-9-12)17(23)15-6-5-13(19)8-16(15)18/h3-9,14,22H,2,10-11H2,1H3. The van der Waals surface area contributed by atoms with Crippen molar-refractivity contribution in [2.45, 2.75) is 25.9 Å². The molecule has 1 amide bonds. The summed E-state index contributed by atoms with van der Waals surface area (Å²) in [6, 6.07) is 6.94. The largest absolute Gasteiger partial charge is 0.394 e. The monoisotopic (exact) mass is 336 g/mol. The third kappa shape index (κ3) is 4.27. The minimum Gasteiger partial charge on any atom is -0.394 e. The van der Waals surface area contributed by atoms with E-state index in [4.69, 9.17) is 11.6 Å². The molecular formula is C17H18ClFN2O2. The number of aliphatic hydroxyl groups excluding tert-OH is 1. The van der Waals surface area contributed by atoms with Gasteiger partial charge < -0.3 is 10.0 Å². The van der Waals surface area contributed by atoms with Crippen LogP contribution in [0.2, 0.25) is 5.02 Å². The predicted molar refractivity (Wildman–Crippen MR) is 86.7 cm³/mol. The highest BCUT2D eigenvalue weighted by Gasteiger charge is 2.25. The van der Waals surface area contributed by atoms with Crippen LogP contribution in [0.4, 0.5) is 4.39 Å². The fourth-order valence-corrected chi connectivity index (χ4v) is 2.57. The smallest absolute Gasteiger partial charge is 0.256 e. The molecule has 122 valence electrons. The predicted octanol–water partition coefficient (Wildman–Crippen LogP) is 3.29. The molecule has 0 saturated carbocycles.